The van der Waals surface area contributed by atoms with Crippen molar-refractivity contribution in [2.24, 2.45) is 0 Å². The van der Waals surface area contributed by atoms with Gasteiger partial charge in [0, 0.05) is 26.2 Å². The molecule has 20 heavy (non-hydrogen) atoms. The van der Waals surface area contributed by atoms with E-state index < -0.39 is 0 Å². The maximum Gasteiger partial charge on any atom is 0.268 e. The highest BCUT2D eigenvalue weighted by Gasteiger charge is 2.03. The third kappa shape index (κ3) is 5.74. The van der Waals surface area contributed by atoms with E-state index in [1.807, 2.05) is 7.05 Å². The third-order valence-corrected chi connectivity index (χ3v) is 3.31. The summed E-state index contributed by atoms with van der Waals surface area (Å²) in [7, 11) is 1.99. The zero-order valence-corrected chi connectivity index (χ0v) is 13.1. The summed E-state index contributed by atoms with van der Waals surface area (Å²) in [5.41, 5.74) is 0.866. The fourth-order valence-electron chi connectivity index (χ4n) is 2.08. The molecule has 0 aliphatic heterocycles. The Morgan fingerprint density at radius 3 is 2.70 bits per heavy atom. The van der Waals surface area contributed by atoms with Gasteiger partial charge in [0.05, 0.1) is 18.4 Å². The van der Waals surface area contributed by atoms with Crippen molar-refractivity contribution < 1.29 is 0 Å². The van der Waals surface area contributed by atoms with Crippen LogP contribution < -0.4 is 15.8 Å². The molecule has 114 valence electrons. The number of nitrogens with one attached hydrogen (secondary N) is 1. The molecule has 0 radical (unpaired) electrons. The summed E-state index contributed by atoms with van der Waals surface area (Å²) >= 11 is 0. The summed E-state index contributed by atoms with van der Waals surface area (Å²) in [6, 6.07) is 1.67. The lowest BCUT2D eigenvalue weighted by molar-refractivity contribution is 0.521. The molecule has 0 fully saturated rings. The van der Waals surface area contributed by atoms with Crippen molar-refractivity contribution in [1.82, 2.24) is 15.1 Å². The molecule has 0 aromatic carbocycles. The molecule has 0 aliphatic rings. The first-order valence-electron chi connectivity index (χ1n) is 7.68. The summed E-state index contributed by atoms with van der Waals surface area (Å²) < 4.78 is 1.52. The predicted molar refractivity (Wildman–Crippen MR) is 84.5 cm³/mol. The van der Waals surface area contributed by atoms with E-state index in [0.29, 0.717) is 6.54 Å². The summed E-state index contributed by atoms with van der Waals surface area (Å²) in [6.07, 6.45) is 6.51. The molecule has 1 aromatic rings. The molecule has 0 bridgehead atoms. The molecule has 5 heteroatoms. The van der Waals surface area contributed by atoms with Crippen LogP contribution in [0.25, 0.3) is 0 Å². The summed E-state index contributed by atoms with van der Waals surface area (Å²) in [5, 5.41) is 7.58. The quantitative estimate of drug-likeness (QED) is 0.665. The van der Waals surface area contributed by atoms with E-state index in [4.69, 9.17) is 0 Å². The average Bonchev–Trinajstić information content (AvgIpc) is 2.44. The van der Waals surface area contributed by atoms with Crippen LogP contribution in [0.5, 0.6) is 0 Å². The summed E-state index contributed by atoms with van der Waals surface area (Å²) in [5.74, 6) is 0. The molecule has 5 nitrogen and oxygen atoms in total. The van der Waals surface area contributed by atoms with Crippen LogP contribution in [0.1, 0.15) is 39.5 Å². The van der Waals surface area contributed by atoms with E-state index in [0.717, 1.165) is 31.7 Å². The van der Waals surface area contributed by atoms with Crippen molar-refractivity contribution in [3.05, 3.63) is 22.6 Å². The Morgan fingerprint density at radius 1 is 1.25 bits per heavy atom. The van der Waals surface area contributed by atoms with Crippen molar-refractivity contribution in [2.45, 2.75) is 46.1 Å². The van der Waals surface area contributed by atoms with E-state index in [2.05, 4.69) is 29.2 Å². The molecular weight excluding hydrogens is 252 g/mol. The summed E-state index contributed by atoms with van der Waals surface area (Å²) in [4.78, 5) is 14.0. The Hall–Kier alpha value is -1.36. The van der Waals surface area contributed by atoms with Crippen molar-refractivity contribution in [2.75, 3.05) is 31.6 Å². The minimum Gasteiger partial charge on any atom is -0.373 e. The fourth-order valence-corrected chi connectivity index (χ4v) is 2.08. The van der Waals surface area contributed by atoms with Crippen LogP contribution in [0.15, 0.2) is 17.1 Å². The van der Waals surface area contributed by atoms with Crippen LogP contribution in [0.2, 0.25) is 0 Å². The van der Waals surface area contributed by atoms with E-state index in [9.17, 15) is 4.79 Å². The highest BCUT2D eigenvalue weighted by Crippen LogP contribution is 2.06. The fraction of sp³-hybridized carbons (Fsp3) is 0.733. The molecule has 1 heterocycles. The van der Waals surface area contributed by atoms with Gasteiger partial charge < -0.3 is 10.2 Å². The van der Waals surface area contributed by atoms with Crippen LogP contribution >= 0.6 is 0 Å². The Balaban J connectivity index is 2.42. The third-order valence-electron chi connectivity index (χ3n) is 3.31. The van der Waals surface area contributed by atoms with Gasteiger partial charge in [0.1, 0.15) is 0 Å². The number of hydrogen-bond acceptors (Lipinski definition) is 4. The van der Waals surface area contributed by atoms with Crippen LogP contribution in [0.3, 0.4) is 0 Å². The Labute approximate surface area is 122 Å². The number of anilines is 1. The topological polar surface area (TPSA) is 50.2 Å². The van der Waals surface area contributed by atoms with E-state index in [-0.39, 0.29) is 5.56 Å². The van der Waals surface area contributed by atoms with Crippen LogP contribution in [-0.4, -0.2) is 36.5 Å². The van der Waals surface area contributed by atoms with E-state index >= 15 is 0 Å². The minimum absolute atomic E-state index is 0.0270. The van der Waals surface area contributed by atoms with Gasteiger partial charge >= 0.3 is 0 Å². The van der Waals surface area contributed by atoms with Crippen LogP contribution in [0, 0.1) is 0 Å². The monoisotopic (exact) mass is 280 g/mol. The zero-order chi connectivity index (χ0) is 14.8. The molecule has 1 N–H and O–H groups in total. The lowest BCUT2D eigenvalue weighted by Gasteiger charge is -2.17. The van der Waals surface area contributed by atoms with Crippen molar-refractivity contribution in [3.63, 3.8) is 0 Å². The molecule has 0 saturated carbocycles. The Kier molecular flexibility index (Phi) is 7.95. The highest BCUT2D eigenvalue weighted by atomic mass is 16.1. The average molecular weight is 280 g/mol. The second kappa shape index (κ2) is 9.53. The zero-order valence-electron chi connectivity index (χ0n) is 13.1. The first-order chi connectivity index (χ1) is 9.69. The number of nitrogens with zero attached hydrogens (tertiary/aromatic N) is 3. The number of hydrogen-bond donors (Lipinski definition) is 1. The van der Waals surface area contributed by atoms with Gasteiger partial charge in [-0.15, -0.1) is 0 Å². The number of aromatic nitrogens is 2. The van der Waals surface area contributed by atoms with Crippen molar-refractivity contribution >= 4 is 5.69 Å². The van der Waals surface area contributed by atoms with E-state index in [1.165, 1.54) is 23.9 Å². The van der Waals surface area contributed by atoms with Crippen LogP contribution in [-0.2, 0) is 6.54 Å². The molecule has 0 spiro atoms. The van der Waals surface area contributed by atoms with E-state index in [1.54, 1.807) is 12.3 Å². The first-order valence-corrected chi connectivity index (χ1v) is 7.68. The van der Waals surface area contributed by atoms with Gasteiger partial charge in [0.2, 0.25) is 0 Å². The van der Waals surface area contributed by atoms with Gasteiger partial charge in [0.25, 0.3) is 5.56 Å². The molecule has 0 atom stereocenters. The normalized spacial score (nSPS) is 10.8. The van der Waals surface area contributed by atoms with Gasteiger partial charge in [-0.3, -0.25) is 4.79 Å². The minimum atomic E-state index is -0.0270. The largest absolute Gasteiger partial charge is 0.373 e. The van der Waals surface area contributed by atoms with Crippen molar-refractivity contribution in [3.8, 4) is 0 Å². The molecular formula is C15H28N4O. The number of rotatable bonds is 10. The Morgan fingerprint density at radius 2 is 2.05 bits per heavy atom. The SMILES string of the molecule is CCCCCNCCn1ncc(N(C)CCC)cc1=O. The molecule has 0 aliphatic carbocycles. The molecule has 1 rings (SSSR count). The van der Waals surface area contributed by atoms with Gasteiger partial charge in [0.15, 0.2) is 0 Å². The van der Waals surface area contributed by atoms with Gasteiger partial charge in [-0.1, -0.05) is 26.7 Å². The van der Waals surface area contributed by atoms with Gasteiger partial charge in [-0.05, 0) is 19.4 Å². The lowest BCUT2D eigenvalue weighted by Crippen LogP contribution is -2.30. The van der Waals surface area contributed by atoms with Crippen molar-refractivity contribution in [1.29, 1.82) is 0 Å². The second-order valence-corrected chi connectivity index (χ2v) is 5.15. The van der Waals surface area contributed by atoms with Gasteiger partial charge in [-0.2, -0.15) is 5.10 Å². The molecule has 0 amide bonds. The van der Waals surface area contributed by atoms with Gasteiger partial charge in [-0.25, -0.2) is 4.68 Å². The maximum atomic E-state index is 12.0. The molecule has 0 unspecified atom stereocenters. The Bertz CT molecular complexity index is 430. The summed E-state index contributed by atoms with van der Waals surface area (Å²) in [6.45, 7) is 7.68. The lowest BCUT2D eigenvalue weighted by atomic mass is 10.2. The molecule has 1 aromatic heterocycles. The van der Waals surface area contributed by atoms with Crippen LogP contribution in [0.4, 0.5) is 5.69 Å². The highest BCUT2D eigenvalue weighted by molar-refractivity contribution is 5.41. The molecule has 0 saturated heterocycles. The number of unbranched alkanes of at least 4 members (excludes halogenated alkanes) is 2. The standard InChI is InChI=1S/C15H28N4O/c1-4-6-7-8-16-9-11-19-15(20)12-14(13-17-19)18(3)10-5-2/h12-13,16H,4-11H2,1-3H3. The maximum absolute atomic E-state index is 12.0. The predicted octanol–water partition coefficient (Wildman–Crippen LogP) is 1.87. The first kappa shape index (κ1) is 16.7. The smallest absolute Gasteiger partial charge is 0.268 e. The second-order valence-electron chi connectivity index (χ2n) is 5.15.